The van der Waals surface area contributed by atoms with Gasteiger partial charge in [0.25, 0.3) is 5.91 Å². The number of carbonyl (C=O) groups excluding carboxylic acids is 1. The molecule has 1 aliphatic heterocycles. The number of nitrogens with one attached hydrogen (secondary N) is 2. The summed E-state index contributed by atoms with van der Waals surface area (Å²) in [7, 11) is 0. The molecular formula is C14H18F2N2O. The van der Waals surface area contributed by atoms with Crippen molar-refractivity contribution in [3.63, 3.8) is 0 Å². The van der Waals surface area contributed by atoms with Crippen molar-refractivity contribution >= 4 is 5.91 Å². The predicted molar refractivity (Wildman–Crippen MR) is 68.9 cm³/mol. The van der Waals surface area contributed by atoms with Gasteiger partial charge in [0.05, 0.1) is 0 Å². The lowest BCUT2D eigenvalue weighted by atomic mass is 9.95. The van der Waals surface area contributed by atoms with E-state index in [2.05, 4.69) is 17.6 Å². The minimum atomic E-state index is -0.831. The Morgan fingerprint density at radius 2 is 1.89 bits per heavy atom. The molecule has 0 aromatic heterocycles. The van der Waals surface area contributed by atoms with E-state index in [1.165, 1.54) is 6.07 Å². The van der Waals surface area contributed by atoms with E-state index in [1.54, 1.807) is 0 Å². The highest BCUT2D eigenvalue weighted by Crippen LogP contribution is 2.16. The Morgan fingerprint density at radius 3 is 2.47 bits per heavy atom. The third kappa shape index (κ3) is 3.10. The molecule has 1 fully saturated rings. The SMILES string of the molecule is CC1CCC(NC(=O)c2c(F)cccc2F)C(C)N1. The van der Waals surface area contributed by atoms with Crippen molar-refractivity contribution in [3.05, 3.63) is 35.4 Å². The normalized spacial score (nSPS) is 27.1. The van der Waals surface area contributed by atoms with E-state index in [-0.39, 0.29) is 12.1 Å². The third-order valence-electron chi connectivity index (χ3n) is 3.57. The summed E-state index contributed by atoms with van der Waals surface area (Å²) in [4.78, 5) is 12.0. The van der Waals surface area contributed by atoms with Crippen molar-refractivity contribution in [2.75, 3.05) is 0 Å². The highest BCUT2D eigenvalue weighted by atomic mass is 19.1. The molecule has 0 aliphatic carbocycles. The summed E-state index contributed by atoms with van der Waals surface area (Å²) in [5, 5.41) is 6.02. The van der Waals surface area contributed by atoms with Gasteiger partial charge in [-0.25, -0.2) is 8.78 Å². The molecule has 1 saturated heterocycles. The maximum atomic E-state index is 13.5. The van der Waals surface area contributed by atoms with Crippen LogP contribution in [0.5, 0.6) is 0 Å². The standard InChI is InChI=1S/C14H18F2N2O/c1-8-6-7-12(9(2)17-8)18-14(19)13-10(15)4-3-5-11(13)16/h3-5,8-9,12,17H,6-7H2,1-2H3,(H,18,19). The lowest BCUT2D eigenvalue weighted by Crippen LogP contribution is -2.54. The molecular weight excluding hydrogens is 250 g/mol. The van der Waals surface area contributed by atoms with Gasteiger partial charge in [-0.3, -0.25) is 4.79 Å². The molecule has 3 nitrogen and oxygen atoms in total. The molecule has 1 aromatic rings. The van der Waals surface area contributed by atoms with Crippen LogP contribution in [0.3, 0.4) is 0 Å². The lowest BCUT2D eigenvalue weighted by Gasteiger charge is -2.34. The van der Waals surface area contributed by atoms with Crippen LogP contribution in [-0.4, -0.2) is 24.0 Å². The van der Waals surface area contributed by atoms with Gasteiger partial charge in [0.2, 0.25) is 0 Å². The molecule has 2 N–H and O–H groups in total. The van der Waals surface area contributed by atoms with Crippen LogP contribution in [-0.2, 0) is 0 Å². The number of hydrogen-bond acceptors (Lipinski definition) is 2. The fraction of sp³-hybridized carbons (Fsp3) is 0.500. The summed E-state index contributed by atoms with van der Waals surface area (Å²) < 4.78 is 27.0. The second-order valence-corrected chi connectivity index (χ2v) is 5.11. The molecule has 19 heavy (non-hydrogen) atoms. The maximum absolute atomic E-state index is 13.5. The van der Waals surface area contributed by atoms with Gasteiger partial charge in [-0.2, -0.15) is 0 Å². The van der Waals surface area contributed by atoms with E-state index in [4.69, 9.17) is 0 Å². The minimum absolute atomic E-state index is 0.0857. The first kappa shape index (κ1) is 13.9. The number of halogens is 2. The summed E-state index contributed by atoms with van der Waals surface area (Å²) in [6, 6.07) is 3.79. The summed E-state index contributed by atoms with van der Waals surface area (Å²) in [6.45, 7) is 4.03. The van der Waals surface area contributed by atoms with Crippen LogP contribution < -0.4 is 10.6 Å². The second kappa shape index (κ2) is 5.65. The van der Waals surface area contributed by atoms with Gasteiger partial charge in [0.15, 0.2) is 0 Å². The van der Waals surface area contributed by atoms with Gasteiger partial charge in [0.1, 0.15) is 17.2 Å². The number of carbonyl (C=O) groups is 1. The van der Waals surface area contributed by atoms with E-state index in [1.807, 2.05) is 6.92 Å². The van der Waals surface area contributed by atoms with Crippen LogP contribution >= 0.6 is 0 Å². The molecule has 2 rings (SSSR count). The highest BCUT2D eigenvalue weighted by Gasteiger charge is 2.27. The second-order valence-electron chi connectivity index (χ2n) is 5.11. The van der Waals surface area contributed by atoms with Crippen LogP contribution in [0.4, 0.5) is 8.78 Å². The van der Waals surface area contributed by atoms with Crippen LogP contribution in [0.15, 0.2) is 18.2 Å². The average Bonchev–Trinajstić information content (AvgIpc) is 2.32. The molecule has 104 valence electrons. The minimum Gasteiger partial charge on any atom is -0.348 e. The van der Waals surface area contributed by atoms with Crippen molar-refractivity contribution in [1.82, 2.24) is 10.6 Å². The van der Waals surface area contributed by atoms with Gasteiger partial charge in [0, 0.05) is 18.1 Å². The molecule has 0 spiro atoms. The highest BCUT2D eigenvalue weighted by molar-refractivity contribution is 5.95. The van der Waals surface area contributed by atoms with Crippen LogP contribution in [0.1, 0.15) is 37.0 Å². The molecule has 5 heteroatoms. The zero-order valence-electron chi connectivity index (χ0n) is 11.0. The first-order valence-corrected chi connectivity index (χ1v) is 6.50. The Bertz CT molecular complexity index is 458. The monoisotopic (exact) mass is 268 g/mol. The van der Waals surface area contributed by atoms with Gasteiger partial charge in [-0.15, -0.1) is 0 Å². The first-order valence-electron chi connectivity index (χ1n) is 6.50. The summed E-state index contributed by atoms with van der Waals surface area (Å²) in [5.41, 5.74) is -0.506. The fourth-order valence-electron chi connectivity index (χ4n) is 2.48. The van der Waals surface area contributed by atoms with Crippen molar-refractivity contribution in [2.24, 2.45) is 0 Å². The molecule has 1 heterocycles. The average molecular weight is 268 g/mol. The molecule has 3 atom stereocenters. The van der Waals surface area contributed by atoms with E-state index < -0.39 is 23.1 Å². The molecule has 0 radical (unpaired) electrons. The van der Waals surface area contributed by atoms with Crippen LogP contribution in [0.25, 0.3) is 0 Å². The Hall–Kier alpha value is -1.49. The zero-order chi connectivity index (χ0) is 14.0. The number of hydrogen-bond donors (Lipinski definition) is 2. The van der Waals surface area contributed by atoms with Crippen molar-refractivity contribution in [1.29, 1.82) is 0 Å². The van der Waals surface area contributed by atoms with Gasteiger partial charge in [-0.05, 0) is 38.8 Å². The van der Waals surface area contributed by atoms with E-state index in [0.29, 0.717) is 6.04 Å². The zero-order valence-corrected chi connectivity index (χ0v) is 11.0. The molecule has 0 saturated carbocycles. The van der Waals surface area contributed by atoms with Crippen molar-refractivity contribution in [2.45, 2.75) is 44.8 Å². The fourth-order valence-corrected chi connectivity index (χ4v) is 2.48. The Labute approximate surface area is 111 Å². The number of piperidine rings is 1. The summed E-state index contributed by atoms with van der Waals surface area (Å²) >= 11 is 0. The number of benzene rings is 1. The van der Waals surface area contributed by atoms with Crippen molar-refractivity contribution in [3.8, 4) is 0 Å². The first-order chi connectivity index (χ1) is 8.99. The van der Waals surface area contributed by atoms with Crippen LogP contribution in [0.2, 0.25) is 0 Å². The largest absolute Gasteiger partial charge is 0.348 e. The van der Waals surface area contributed by atoms with Gasteiger partial charge < -0.3 is 10.6 Å². The molecule has 1 aliphatic rings. The van der Waals surface area contributed by atoms with Gasteiger partial charge in [-0.1, -0.05) is 6.07 Å². The Balaban J connectivity index is 2.09. The number of amides is 1. The lowest BCUT2D eigenvalue weighted by molar-refractivity contribution is 0.0906. The van der Waals surface area contributed by atoms with E-state index >= 15 is 0 Å². The third-order valence-corrected chi connectivity index (χ3v) is 3.57. The van der Waals surface area contributed by atoms with Gasteiger partial charge >= 0.3 is 0 Å². The molecule has 3 unspecified atom stereocenters. The molecule has 1 amide bonds. The summed E-state index contributed by atoms with van der Waals surface area (Å²) in [6.07, 6.45) is 1.73. The van der Waals surface area contributed by atoms with Crippen LogP contribution in [0, 0.1) is 11.6 Å². The number of rotatable bonds is 2. The Kier molecular flexibility index (Phi) is 4.14. The molecule has 0 bridgehead atoms. The van der Waals surface area contributed by atoms with E-state index in [0.717, 1.165) is 25.0 Å². The molecule has 1 aromatic carbocycles. The van der Waals surface area contributed by atoms with E-state index in [9.17, 15) is 13.6 Å². The smallest absolute Gasteiger partial charge is 0.257 e. The predicted octanol–water partition coefficient (Wildman–Crippen LogP) is 2.22. The quantitative estimate of drug-likeness (QED) is 0.863. The maximum Gasteiger partial charge on any atom is 0.257 e. The summed E-state index contributed by atoms with van der Waals surface area (Å²) in [5.74, 6) is -2.35. The van der Waals surface area contributed by atoms with Crippen molar-refractivity contribution < 1.29 is 13.6 Å². The Morgan fingerprint density at radius 1 is 1.26 bits per heavy atom. The topological polar surface area (TPSA) is 41.1 Å².